The van der Waals surface area contributed by atoms with Gasteiger partial charge in [0.05, 0.1) is 17.7 Å². The van der Waals surface area contributed by atoms with E-state index in [-0.39, 0.29) is 24.7 Å². The lowest BCUT2D eigenvalue weighted by atomic mass is 10.1. The van der Waals surface area contributed by atoms with Gasteiger partial charge in [0, 0.05) is 6.54 Å². The van der Waals surface area contributed by atoms with Gasteiger partial charge in [-0.25, -0.2) is 4.99 Å². The fourth-order valence-electron chi connectivity index (χ4n) is 4.26. The zero-order valence-electron chi connectivity index (χ0n) is 21.8. The Labute approximate surface area is 232 Å². The Morgan fingerprint density at radius 3 is 2.44 bits per heavy atom. The average Bonchev–Trinajstić information content (AvgIpc) is 3.64. The summed E-state index contributed by atoms with van der Waals surface area (Å²) in [6, 6.07) is 7.56. The third-order valence-electron chi connectivity index (χ3n) is 6.48. The fraction of sp³-hybridized carbons (Fsp3) is 0.357. The number of alkyl halides is 6. The van der Waals surface area contributed by atoms with Crippen LogP contribution in [0.4, 0.5) is 26.3 Å². The summed E-state index contributed by atoms with van der Waals surface area (Å²) in [4.78, 5) is 6.10. The quantitative estimate of drug-likeness (QED) is 0.0914. The number of guanidine groups is 1. The molecule has 7 nitrogen and oxygen atoms in total. The van der Waals surface area contributed by atoms with E-state index in [0.29, 0.717) is 31.0 Å². The number of allylic oxidation sites excluding steroid dienone is 1. The monoisotopic (exact) mass is 582 g/mol. The number of rotatable bonds is 9. The van der Waals surface area contributed by atoms with E-state index in [4.69, 9.17) is 20.4 Å². The lowest BCUT2D eigenvalue weighted by Crippen LogP contribution is -2.45. The van der Waals surface area contributed by atoms with Gasteiger partial charge in [-0.15, -0.1) is 0 Å². The van der Waals surface area contributed by atoms with Crippen LogP contribution in [0.3, 0.4) is 0 Å². The van der Waals surface area contributed by atoms with Crippen molar-refractivity contribution in [1.29, 1.82) is 0 Å². The Hall–Kier alpha value is -4.16. The van der Waals surface area contributed by atoms with Gasteiger partial charge in [0.1, 0.15) is 25.0 Å². The second kappa shape index (κ2) is 12.6. The van der Waals surface area contributed by atoms with Crippen molar-refractivity contribution in [2.75, 3.05) is 19.8 Å². The molecule has 220 valence electrons. The number of benzene rings is 2. The van der Waals surface area contributed by atoms with E-state index in [0.717, 1.165) is 36.6 Å². The zero-order chi connectivity index (χ0) is 29.6. The molecule has 41 heavy (non-hydrogen) atoms. The summed E-state index contributed by atoms with van der Waals surface area (Å²) in [5.74, 6) is -0.194. The summed E-state index contributed by atoms with van der Waals surface area (Å²) in [6.07, 6.45) is -2.13. The molecule has 2 aromatic carbocycles. The second-order valence-corrected chi connectivity index (χ2v) is 9.48. The van der Waals surface area contributed by atoms with Crippen LogP contribution in [0.1, 0.15) is 41.5 Å². The van der Waals surface area contributed by atoms with Gasteiger partial charge in [-0.2, -0.15) is 26.3 Å². The maximum atomic E-state index is 13.9. The van der Waals surface area contributed by atoms with Gasteiger partial charge in [-0.3, -0.25) is 0 Å². The molecule has 2 aliphatic rings. The van der Waals surface area contributed by atoms with Crippen molar-refractivity contribution in [2.45, 2.75) is 44.2 Å². The highest BCUT2D eigenvalue weighted by atomic mass is 19.4. The predicted octanol–water partition coefficient (Wildman–Crippen LogP) is 6.23. The first kappa shape index (κ1) is 29.8. The molecule has 0 radical (unpaired) electrons. The first-order valence-corrected chi connectivity index (χ1v) is 12.7. The van der Waals surface area contributed by atoms with E-state index < -0.39 is 35.3 Å². The highest BCUT2D eigenvalue weighted by Gasteiger charge is 2.35. The molecular formula is C28H28F6N4O3. The lowest BCUT2D eigenvalue weighted by Gasteiger charge is -2.25. The highest BCUT2D eigenvalue weighted by Crippen LogP contribution is 2.37. The Morgan fingerprint density at radius 2 is 1.80 bits per heavy atom. The number of ether oxygens (including phenoxy) is 2. The Balaban J connectivity index is 1.46. The minimum Gasteiger partial charge on any atom is -0.489 e. The van der Waals surface area contributed by atoms with Crippen molar-refractivity contribution < 1.29 is 41.0 Å². The molecule has 1 aliphatic carbocycles. The van der Waals surface area contributed by atoms with Crippen LogP contribution in [0.25, 0.3) is 6.08 Å². The molecule has 1 aliphatic heterocycles. The standard InChI is InChI=1S/C28H28F6N4O3/c29-27(30,31)21-10-7-18(8-11-21)3-2-14-40-24-12-9-20(15-22(24)28(32,33)34)16-36-25(41-17-19-5-6-19)23-4-1-13-38(23)26(35)37-39/h2-3,5,7-12,15,23,39H,1,4,6,13-14,16-17H2,(H2,35,37)/b3-2-,36-25?/t23-/m0/s1. The van der Waals surface area contributed by atoms with Crippen LogP contribution in [0.2, 0.25) is 0 Å². The van der Waals surface area contributed by atoms with Crippen LogP contribution in [0.15, 0.2) is 70.3 Å². The largest absolute Gasteiger partial charge is 0.489 e. The van der Waals surface area contributed by atoms with Crippen molar-refractivity contribution in [1.82, 2.24) is 4.90 Å². The first-order valence-electron chi connectivity index (χ1n) is 12.7. The number of nitrogens with two attached hydrogens (primary N) is 1. The SMILES string of the molecule is NC(=NO)N1CCC[C@H]1C(=NCc1ccc(OC/C=C\c2ccc(C(F)(F)F)cc2)c(C(F)(F)F)c1)OCC1=CC1. The van der Waals surface area contributed by atoms with Crippen molar-refractivity contribution in [3.05, 3.63) is 82.4 Å². The molecule has 13 heteroatoms. The predicted molar refractivity (Wildman–Crippen MR) is 140 cm³/mol. The third kappa shape index (κ3) is 8.18. The Bertz CT molecular complexity index is 1330. The number of oxime groups is 1. The van der Waals surface area contributed by atoms with Gasteiger partial charge in [-0.05, 0) is 66.3 Å². The van der Waals surface area contributed by atoms with Crippen LogP contribution in [-0.2, 0) is 23.6 Å². The van der Waals surface area contributed by atoms with Crippen LogP contribution >= 0.6 is 0 Å². The van der Waals surface area contributed by atoms with Crippen LogP contribution < -0.4 is 10.5 Å². The van der Waals surface area contributed by atoms with E-state index >= 15 is 0 Å². The molecule has 0 spiro atoms. The first-order chi connectivity index (χ1) is 19.5. The number of nitrogens with zero attached hydrogens (tertiary/aromatic N) is 3. The second-order valence-electron chi connectivity index (χ2n) is 9.48. The summed E-state index contributed by atoms with van der Waals surface area (Å²) < 4.78 is 90.9. The number of halogens is 6. The van der Waals surface area contributed by atoms with Gasteiger partial charge in [0.25, 0.3) is 0 Å². The molecule has 4 rings (SSSR count). The van der Waals surface area contributed by atoms with Crippen molar-refractivity contribution >= 4 is 17.9 Å². The van der Waals surface area contributed by atoms with E-state index in [9.17, 15) is 26.3 Å². The molecule has 0 unspecified atom stereocenters. The maximum Gasteiger partial charge on any atom is 0.419 e. The third-order valence-corrected chi connectivity index (χ3v) is 6.48. The summed E-state index contributed by atoms with van der Waals surface area (Å²) in [7, 11) is 0. The van der Waals surface area contributed by atoms with Gasteiger partial charge in [-0.1, -0.05) is 35.5 Å². The van der Waals surface area contributed by atoms with Crippen LogP contribution in [0, 0.1) is 0 Å². The van der Waals surface area contributed by atoms with E-state index in [1.165, 1.54) is 36.4 Å². The highest BCUT2D eigenvalue weighted by molar-refractivity contribution is 5.89. The Morgan fingerprint density at radius 1 is 1.07 bits per heavy atom. The topological polar surface area (TPSA) is 92.7 Å². The van der Waals surface area contributed by atoms with Crippen LogP contribution in [0.5, 0.6) is 5.75 Å². The van der Waals surface area contributed by atoms with Crippen molar-refractivity contribution in [3.8, 4) is 5.75 Å². The zero-order valence-corrected chi connectivity index (χ0v) is 21.8. The fourth-order valence-corrected chi connectivity index (χ4v) is 4.26. The smallest absolute Gasteiger partial charge is 0.419 e. The summed E-state index contributed by atoms with van der Waals surface area (Å²) in [5, 5.41) is 12.2. The molecule has 1 saturated heterocycles. The molecule has 1 fully saturated rings. The van der Waals surface area contributed by atoms with Crippen molar-refractivity contribution in [2.24, 2.45) is 15.9 Å². The summed E-state index contributed by atoms with van der Waals surface area (Å²) in [6.45, 7) is 0.482. The van der Waals surface area contributed by atoms with Gasteiger partial charge >= 0.3 is 12.4 Å². The molecular weight excluding hydrogens is 554 g/mol. The molecule has 0 aromatic heterocycles. The van der Waals surface area contributed by atoms with Gasteiger partial charge < -0.3 is 25.3 Å². The van der Waals surface area contributed by atoms with Crippen molar-refractivity contribution in [3.63, 3.8) is 0 Å². The minimum atomic E-state index is -4.71. The number of likely N-dealkylation sites (tertiary alicyclic amines) is 1. The van der Waals surface area contributed by atoms with E-state index in [1.807, 2.05) is 6.08 Å². The minimum absolute atomic E-state index is 0.0948. The summed E-state index contributed by atoms with van der Waals surface area (Å²) >= 11 is 0. The molecule has 3 N–H and O–H groups in total. The van der Waals surface area contributed by atoms with Crippen LogP contribution in [-0.4, -0.2) is 47.8 Å². The molecule has 1 atom stereocenters. The lowest BCUT2D eigenvalue weighted by molar-refractivity contribution is -0.139. The Kier molecular flexibility index (Phi) is 9.14. The van der Waals surface area contributed by atoms with Gasteiger partial charge in [0.2, 0.25) is 11.9 Å². The number of hydrogen-bond acceptors (Lipinski definition) is 5. The van der Waals surface area contributed by atoms with E-state index in [1.54, 1.807) is 4.90 Å². The molecule has 0 bridgehead atoms. The molecule has 1 heterocycles. The molecule has 2 aromatic rings. The molecule has 0 saturated carbocycles. The average molecular weight is 583 g/mol. The summed E-state index contributed by atoms with van der Waals surface area (Å²) in [5.41, 5.74) is 5.79. The molecule has 0 amide bonds. The normalized spacial score (nSPS) is 18.1. The maximum absolute atomic E-state index is 13.9. The van der Waals surface area contributed by atoms with Gasteiger partial charge in [0.15, 0.2) is 0 Å². The number of aliphatic imine (C=N–C) groups is 1. The number of hydrogen-bond donors (Lipinski definition) is 2. The van der Waals surface area contributed by atoms with E-state index in [2.05, 4.69) is 10.1 Å².